The van der Waals surface area contributed by atoms with Crippen molar-refractivity contribution in [1.29, 1.82) is 0 Å². The van der Waals surface area contributed by atoms with E-state index in [-0.39, 0.29) is 17.9 Å². The molecule has 0 aliphatic rings. The Balaban J connectivity index is 2.06. The maximum Gasteiger partial charge on any atom is 0.406 e. The Morgan fingerprint density at radius 1 is 1.36 bits per heavy atom. The first kappa shape index (κ1) is 15.8. The molecule has 0 saturated carbocycles. The van der Waals surface area contributed by atoms with Crippen LogP contribution in [-0.4, -0.2) is 21.6 Å². The van der Waals surface area contributed by atoms with Crippen LogP contribution in [-0.2, 0) is 13.1 Å². The van der Waals surface area contributed by atoms with E-state index in [1.165, 1.54) is 24.5 Å². The molecule has 22 heavy (non-hydrogen) atoms. The Labute approximate surface area is 122 Å². The van der Waals surface area contributed by atoms with Crippen molar-refractivity contribution in [3.8, 4) is 0 Å². The molecule has 0 saturated heterocycles. The van der Waals surface area contributed by atoms with Gasteiger partial charge in [0, 0.05) is 18.1 Å². The monoisotopic (exact) mass is 316 g/mol. The summed E-state index contributed by atoms with van der Waals surface area (Å²) in [6, 6.07) is 3.64. The summed E-state index contributed by atoms with van der Waals surface area (Å²) in [7, 11) is 0. The number of imidazole rings is 1. The minimum absolute atomic E-state index is 0.0293. The van der Waals surface area contributed by atoms with Gasteiger partial charge in [-0.2, -0.15) is 13.2 Å². The van der Waals surface area contributed by atoms with E-state index in [4.69, 9.17) is 5.73 Å². The van der Waals surface area contributed by atoms with Crippen LogP contribution >= 0.6 is 0 Å². The summed E-state index contributed by atoms with van der Waals surface area (Å²) in [5, 5.41) is 2.74. The number of alkyl halides is 3. The number of anilines is 1. The third-order valence-corrected chi connectivity index (χ3v) is 2.84. The number of carbonyl (C=O) groups excluding carboxylic acids is 1. The van der Waals surface area contributed by atoms with E-state index in [1.807, 2.05) is 0 Å². The Hall–Kier alpha value is -2.58. The van der Waals surface area contributed by atoms with Crippen molar-refractivity contribution < 1.29 is 22.4 Å². The van der Waals surface area contributed by atoms with Crippen LogP contribution in [0.2, 0.25) is 0 Å². The lowest BCUT2D eigenvalue weighted by atomic mass is 10.2. The lowest BCUT2D eigenvalue weighted by Crippen LogP contribution is -2.20. The van der Waals surface area contributed by atoms with Crippen molar-refractivity contribution in [1.82, 2.24) is 9.55 Å². The summed E-state index contributed by atoms with van der Waals surface area (Å²) in [5.74, 6) is -1.56. The number of carbonyl (C=O) groups is 1. The van der Waals surface area contributed by atoms with Crippen molar-refractivity contribution in [3.63, 3.8) is 0 Å². The molecule has 0 radical (unpaired) electrons. The quantitative estimate of drug-likeness (QED) is 0.831. The van der Waals surface area contributed by atoms with Crippen LogP contribution < -0.4 is 11.1 Å². The molecule has 0 aliphatic carbocycles. The molecule has 118 valence electrons. The standard InChI is InChI=1S/C13H12F4N4O/c14-10-5-8(1-2-9(10)12(18)22)20-6-11-19-3-4-21(11)7-13(15,16)17/h1-5,20H,6-7H2,(H2,18,22). The highest BCUT2D eigenvalue weighted by Crippen LogP contribution is 2.19. The number of hydrogen-bond acceptors (Lipinski definition) is 3. The SMILES string of the molecule is NC(=O)c1ccc(NCc2nccn2CC(F)(F)F)cc1F. The van der Waals surface area contributed by atoms with Crippen LogP contribution in [0.5, 0.6) is 0 Å². The molecule has 0 spiro atoms. The zero-order valence-electron chi connectivity index (χ0n) is 11.2. The first-order chi connectivity index (χ1) is 10.3. The number of nitrogens with zero attached hydrogens (tertiary/aromatic N) is 2. The first-order valence-corrected chi connectivity index (χ1v) is 6.16. The van der Waals surface area contributed by atoms with Gasteiger partial charge in [0.1, 0.15) is 18.2 Å². The molecule has 1 heterocycles. The summed E-state index contributed by atoms with van der Waals surface area (Å²) in [5.41, 5.74) is 5.01. The van der Waals surface area contributed by atoms with Gasteiger partial charge < -0.3 is 15.6 Å². The lowest BCUT2D eigenvalue weighted by Gasteiger charge is -2.12. The Bertz CT molecular complexity index is 681. The fraction of sp³-hybridized carbons (Fsp3) is 0.231. The maximum absolute atomic E-state index is 13.6. The van der Waals surface area contributed by atoms with Crippen LogP contribution in [0.25, 0.3) is 0 Å². The molecular formula is C13H12F4N4O. The molecule has 3 N–H and O–H groups in total. The zero-order chi connectivity index (χ0) is 16.3. The fourth-order valence-corrected chi connectivity index (χ4v) is 1.85. The van der Waals surface area contributed by atoms with Crippen molar-refractivity contribution in [2.75, 3.05) is 5.32 Å². The molecule has 9 heteroatoms. The molecule has 0 atom stereocenters. The normalized spacial score (nSPS) is 11.5. The number of primary amides is 1. The fourth-order valence-electron chi connectivity index (χ4n) is 1.85. The second-order valence-corrected chi connectivity index (χ2v) is 4.50. The number of hydrogen-bond donors (Lipinski definition) is 2. The minimum Gasteiger partial charge on any atom is -0.378 e. The molecule has 1 aromatic heterocycles. The Morgan fingerprint density at radius 2 is 2.09 bits per heavy atom. The molecule has 5 nitrogen and oxygen atoms in total. The van der Waals surface area contributed by atoms with Gasteiger partial charge in [-0.3, -0.25) is 4.79 Å². The van der Waals surface area contributed by atoms with Gasteiger partial charge >= 0.3 is 6.18 Å². The Kier molecular flexibility index (Phi) is 4.34. The lowest BCUT2D eigenvalue weighted by molar-refractivity contribution is -0.141. The van der Waals surface area contributed by atoms with Crippen LogP contribution in [0.1, 0.15) is 16.2 Å². The first-order valence-electron chi connectivity index (χ1n) is 6.16. The minimum atomic E-state index is -4.36. The molecule has 1 aromatic carbocycles. The van der Waals surface area contributed by atoms with Crippen LogP contribution in [0.3, 0.4) is 0 Å². The maximum atomic E-state index is 13.6. The summed E-state index contributed by atoms with van der Waals surface area (Å²) in [4.78, 5) is 14.7. The van der Waals surface area contributed by atoms with E-state index in [9.17, 15) is 22.4 Å². The van der Waals surface area contributed by atoms with E-state index < -0.39 is 24.4 Å². The van der Waals surface area contributed by atoms with Crippen LogP contribution in [0.4, 0.5) is 23.2 Å². The number of nitrogens with one attached hydrogen (secondary N) is 1. The van der Waals surface area contributed by atoms with Crippen molar-refractivity contribution in [2.45, 2.75) is 19.3 Å². The van der Waals surface area contributed by atoms with Gasteiger partial charge in [-0.25, -0.2) is 9.37 Å². The average Bonchev–Trinajstić information content (AvgIpc) is 2.81. The summed E-state index contributed by atoms with van der Waals surface area (Å²) in [6.07, 6.45) is -1.90. The van der Waals surface area contributed by atoms with Crippen molar-refractivity contribution in [3.05, 3.63) is 47.8 Å². The highest BCUT2D eigenvalue weighted by Gasteiger charge is 2.28. The van der Waals surface area contributed by atoms with E-state index in [0.29, 0.717) is 5.69 Å². The predicted octanol–water partition coefficient (Wildman–Crippen LogP) is 2.30. The van der Waals surface area contributed by atoms with Crippen molar-refractivity contribution in [2.24, 2.45) is 5.73 Å². The highest BCUT2D eigenvalue weighted by atomic mass is 19.4. The second kappa shape index (κ2) is 6.04. The van der Waals surface area contributed by atoms with Crippen LogP contribution in [0.15, 0.2) is 30.6 Å². The van der Waals surface area contributed by atoms with Gasteiger partial charge in [0.2, 0.25) is 0 Å². The number of amides is 1. The number of nitrogens with two attached hydrogens (primary N) is 1. The van der Waals surface area contributed by atoms with E-state index in [2.05, 4.69) is 10.3 Å². The zero-order valence-corrected chi connectivity index (χ0v) is 11.2. The third kappa shape index (κ3) is 3.96. The van der Waals surface area contributed by atoms with Crippen LogP contribution in [0, 0.1) is 5.82 Å². The van der Waals surface area contributed by atoms with Gasteiger partial charge in [0.15, 0.2) is 0 Å². The number of rotatable bonds is 5. The van der Waals surface area contributed by atoms with Gasteiger partial charge in [-0.15, -0.1) is 0 Å². The number of benzene rings is 1. The largest absolute Gasteiger partial charge is 0.406 e. The molecule has 0 fully saturated rings. The third-order valence-electron chi connectivity index (χ3n) is 2.84. The van der Waals surface area contributed by atoms with E-state index in [1.54, 1.807) is 0 Å². The summed E-state index contributed by atoms with van der Waals surface area (Å²) >= 11 is 0. The summed E-state index contributed by atoms with van der Waals surface area (Å²) < 4.78 is 51.6. The molecule has 0 aliphatic heterocycles. The van der Waals surface area contributed by atoms with Gasteiger partial charge in [-0.05, 0) is 18.2 Å². The highest BCUT2D eigenvalue weighted by molar-refractivity contribution is 5.93. The molecule has 0 bridgehead atoms. The molecule has 2 rings (SSSR count). The number of halogens is 4. The van der Waals surface area contributed by atoms with E-state index in [0.717, 1.165) is 10.6 Å². The number of aromatic nitrogens is 2. The molecular weight excluding hydrogens is 304 g/mol. The van der Waals surface area contributed by atoms with Crippen molar-refractivity contribution >= 4 is 11.6 Å². The predicted molar refractivity (Wildman–Crippen MR) is 70.5 cm³/mol. The molecule has 1 amide bonds. The average molecular weight is 316 g/mol. The van der Waals surface area contributed by atoms with Gasteiger partial charge in [0.25, 0.3) is 5.91 Å². The van der Waals surface area contributed by atoms with Gasteiger partial charge in [0.05, 0.1) is 12.1 Å². The smallest absolute Gasteiger partial charge is 0.378 e. The van der Waals surface area contributed by atoms with Gasteiger partial charge in [-0.1, -0.05) is 0 Å². The molecule has 2 aromatic rings. The Morgan fingerprint density at radius 3 is 2.68 bits per heavy atom. The second-order valence-electron chi connectivity index (χ2n) is 4.50. The van der Waals surface area contributed by atoms with E-state index >= 15 is 0 Å². The molecule has 0 unspecified atom stereocenters. The topological polar surface area (TPSA) is 72.9 Å². The summed E-state index contributed by atoms with van der Waals surface area (Å²) in [6.45, 7) is -1.18.